The van der Waals surface area contributed by atoms with E-state index in [4.69, 9.17) is 0 Å². The first kappa shape index (κ1) is 11.9. The van der Waals surface area contributed by atoms with Gasteiger partial charge in [0.25, 0.3) is 5.91 Å². The van der Waals surface area contributed by atoms with Gasteiger partial charge in [-0.05, 0) is 25.0 Å². The molecule has 2 aromatic rings. The second kappa shape index (κ2) is 4.81. The molecule has 0 saturated heterocycles. The molecule has 0 unspecified atom stereocenters. The summed E-state index contributed by atoms with van der Waals surface area (Å²) >= 11 is 0. The molecule has 1 aliphatic carbocycles. The molecule has 0 spiro atoms. The van der Waals surface area contributed by atoms with Gasteiger partial charge in [-0.3, -0.25) is 9.36 Å². The maximum Gasteiger partial charge on any atom is 0.253 e. The van der Waals surface area contributed by atoms with Gasteiger partial charge in [-0.1, -0.05) is 0 Å². The Morgan fingerprint density at radius 1 is 1.42 bits per heavy atom. The first-order chi connectivity index (χ1) is 9.22. The second-order valence-electron chi connectivity index (χ2n) is 4.67. The Kier molecular flexibility index (Phi) is 3.00. The maximum absolute atomic E-state index is 11.9. The molecular weight excluding hydrogens is 244 g/mol. The molecule has 3 rings (SSSR count). The number of amides is 1. The number of carbonyl (C=O) groups excluding carboxylic acids is 1. The summed E-state index contributed by atoms with van der Waals surface area (Å²) in [6, 6.07) is 3.58. The van der Waals surface area contributed by atoms with Gasteiger partial charge in [0.15, 0.2) is 0 Å². The van der Waals surface area contributed by atoms with Gasteiger partial charge in [0.2, 0.25) is 0 Å². The molecule has 1 amide bonds. The van der Waals surface area contributed by atoms with Gasteiger partial charge in [-0.15, -0.1) is 0 Å². The molecule has 0 aromatic carbocycles. The third kappa shape index (κ3) is 2.48. The SMILES string of the molecule is O=C(NC1CC(O)C1)c1ccc(-n2ccnc2)nc1. The van der Waals surface area contributed by atoms with E-state index in [1.54, 1.807) is 41.6 Å². The molecule has 0 atom stereocenters. The molecule has 2 N–H and O–H groups in total. The lowest BCUT2D eigenvalue weighted by atomic mass is 9.89. The van der Waals surface area contributed by atoms with Gasteiger partial charge in [0.05, 0.1) is 11.7 Å². The molecule has 1 fully saturated rings. The van der Waals surface area contributed by atoms with E-state index < -0.39 is 0 Å². The van der Waals surface area contributed by atoms with Crippen LogP contribution in [0.2, 0.25) is 0 Å². The fraction of sp³-hybridized carbons (Fsp3) is 0.308. The minimum Gasteiger partial charge on any atom is -0.393 e. The summed E-state index contributed by atoms with van der Waals surface area (Å²) < 4.78 is 1.77. The van der Waals surface area contributed by atoms with E-state index in [2.05, 4.69) is 15.3 Å². The highest BCUT2D eigenvalue weighted by atomic mass is 16.3. The zero-order chi connectivity index (χ0) is 13.2. The number of nitrogens with one attached hydrogen (secondary N) is 1. The summed E-state index contributed by atoms with van der Waals surface area (Å²) in [4.78, 5) is 20.1. The zero-order valence-corrected chi connectivity index (χ0v) is 10.2. The van der Waals surface area contributed by atoms with Crippen molar-refractivity contribution in [2.45, 2.75) is 25.0 Å². The number of pyridine rings is 1. The van der Waals surface area contributed by atoms with E-state index in [1.165, 1.54) is 0 Å². The van der Waals surface area contributed by atoms with Crippen molar-refractivity contribution in [3.63, 3.8) is 0 Å². The lowest BCUT2D eigenvalue weighted by molar-refractivity contribution is 0.0562. The third-order valence-corrected chi connectivity index (χ3v) is 3.23. The zero-order valence-electron chi connectivity index (χ0n) is 10.2. The number of imidazole rings is 1. The van der Waals surface area contributed by atoms with Gasteiger partial charge in [-0.2, -0.15) is 0 Å². The van der Waals surface area contributed by atoms with Crippen LogP contribution in [0.5, 0.6) is 0 Å². The lowest BCUT2D eigenvalue weighted by Crippen LogP contribution is -2.46. The normalized spacial score (nSPS) is 21.7. The van der Waals surface area contributed by atoms with Gasteiger partial charge in [0, 0.05) is 24.6 Å². The maximum atomic E-state index is 11.9. The summed E-state index contributed by atoms with van der Waals surface area (Å²) in [6.07, 6.45) is 7.64. The Bertz CT molecular complexity index is 559. The molecule has 6 nitrogen and oxygen atoms in total. The fourth-order valence-electron chi connectivity index (χ4n) is 2.04. The van der Waals surface area contributed by atoms with Crippen LogP contribution in [0.1, 0.15) is 23.2 Å². The average Bonchev–Trinajstić information content (AvgIpc) is 2.91. The molecule has 0 aliphatic heterocycles. The van der Waals surface area contributed by atoms with Crippen molar-refractivity contribution in [1.29, 1.82) is 0 Å². The van der Waals surface area contributed by atoms with Crippen molar-refractivity contribution in [1.82, 2.24) is 19.9 Å². The molecule has 6 heteroatoms. The van der Waals surface area contributed by atoms with Crippen molar-refractivity contribution >= 4 is 5.91 Å². The van der Waals surface area contributed by atoms with Crippen LogP contribution in [0.25, 0.3) is 5.82 Å². The topological polar surface area (TPSA) is 80.0 Å². The van der Waals surface area contributed by atoms with E-state index in [-0.39, 0.29) is 18.1 Å². The average molecular weight is 258 g/mol. The minimum atomic E-state index is -0.271. The number of rotatable bonds is 3. The third-order valence-electron chi connectivity index (χ3n) is 3.23. The summed E-state index contributed by atoms with van der Waals surface area (Å²) in [6.45, 7) is 0. The van der Waals surface area contributed by atoms with Crippen LogP contribution in [0.3, 0.4) is 0 Å². The Morgan fingerprint density at radius 2 is 2.26 bits per heavy atom. The van der Waals surface area contributed by atoms with E-state index in [0.29, 0.717) is 24.2 Å². The molecular formula is C13H14N4O2. The predicted molar refractivity (Wildman–Crippen MR) is 67.9 cm³/mol. The highest BCUT2D eigenvalue weighted by Crippen LogP contribution is 2.19. The molecule has 0 bridgehead atoms. The van der Waals surface area contributed by atoms with Crippen LogP contribution in [0.4, 0.5) is 0 Å². The predicted octanol–water partition coefficient (Wildman–Crippen LogP) is 0.520. The van der Waals surface area contributed by atoms with Crippen LogP contribution in [-0.4, -0.2) is 37.7 Å². The number of nitrogens with zero attached hydrogens (tertiary/aromatic N) is 3. The Morgan fingerprint density at radius 3 is 2.84 bits per heavy atom. The largest absolute Gasteiger partial charge is 0.393 e. The van der Waals surface area contributed by atoms with Crippen molar-refractivity contribution in [3.8, 4) is 5.82 Å². The molecule has 2 aromatic heterocycles. The summed E-state index contributed by atoms with van der Waals surface area (Å²) in [5.41, 5.74) is 0.519. The second-order valence-corrected chi connectivity index (χ2v) is 4.67. The molecule has 1 aliphatic rings. The number of aliphatic hydroxyl groups excluding tert-OH is 1. The van der Waals surface area contributed by atoms with Crippen molar-refractivity contribution in [2.75, 3.05) is 0 Å². The molecule has 19 heavy (non-hydrogen) atoms. The Balaban J connectivity index is 1.67. The number of carbonyl (C=O) groups is 1. The lowest BCUT2D eigenvalue weighted by Gasteiger charge is -2.31. The smallest absolute Gasteiger partial charge is 0.253 e. The van der Waals surface area contributed by atoms with Crippen molar-refractivity contribution in [2.24, 2.45) is 0 Å². The standard InChI is InChI=1S/C13H14N4O2/c18-11-5-10(6-11)16-13(19)9-1-2-12(15-7-9)17-4-3-14-8-17/h1-4,7-8,10-11,18H,5-6H2,(H,16,19). The number of aromatic nitrogens is 3. The van der Waals surface area contributed by atoms with Gasteiger partial charge in [-0.25, -0.2) is 9.97 Å². The van der Waals surface area contributed by atoms with Crippen LogP contribution in [0.15, 0.2) is 37.1 Å². The summed E-state index contributed by atoms with van der Waals surface area (Å²) in [7, 11) is 0. The summed E-state index contributed by atoms with van der Waals surface area (Å²) in [5.74, 6) is 0.565. The molecule has 98 valence electrons. The first-order valence-electron chi connectivity index (χ1n) is 6.15. The number of hydrogen-bond donors (Lipinski definition) is 2. The Hall–Kier alpha value is -2.21. The fourth-order valence-corrected chi connectivity index (χ4v) is 2.04. The highest BCUT2D eigenvalue weighted by Gasteiger charge is 2.28. The molecule has 2 heterocycles. The molecule has 0 radical (unpaired) electrons. The summed E-state index contributed by atoms with van der Waals surface area (Å²) in [5, 5.41) is 12.0. The van der Waals surface area contributed by atoms with Crippen LogP contribution in [-0.2, 0) is 0 Å². The van der Waals surface area contributed by atoms with Gasteiger partial charge < -0.3 is 10.4 Å². The van der Waals surface area contributed by atoms with Crippen molar-refractivity contribution < 1.29 is 9.90 Å². The first-order valence-corrected chi connectivity index (χ1v) is 6.15. The van der Waals surface area contributed by atoms with Crippen LogP contribution < -0.4 is 5.32 Å². The van der Waals surface area contributed by atoms with Gasteiger partial charge in [0.1, 0.15) is 12.1 Å². The van der Waals surface area contributed by atoms with E-state index >= 15 is 0 Å². The van der Waals surface area contributed by atoms with Gasteiger partial charge >= 0.3 is 0 Å². The number of hydrogen-bond acceptors (Lipinski definition) is 4. The highest BCUT2D eigenvalue weighted by molar-refractivity contribution is 5.94. The monoisotopic (exact) mass is 258 g/mol. The van der Waals surface area contributed by atoms with E-state index in [1.807, 2.05) is 0 Å². The van der Waals surface area contributed by atoms with Crippen molar-refractivity contribution in [3.05, 3.63) is 42.6 Å². The van der Waals surface area contributed by atoms with Crippen LogP contribution >= 0.6 is 0 Å². The Labute approximate surface area is 110 Å². The quantitative estimate of drug-likeness (QED) is 0.841. The van der Waals surface area contributed by atoms with Crippen LogP contribution in [0, 0.1) is 0 Å². The van der Waals surface area contributed by atoms with E-state index in [0.717, 1.165) is 0 Å². The number of aliphatic hydroxyl groups is 1. The van der Waals surface area contributed by atoms with E-state index in [9.17, 15) is 9.90 Å². The molecule has 1 saturated carbocycles. The minimum absolute atomic E-state index is 0.0795.